The first-order valence-corrected chi connectivity index (χ1v) is 6.09. The Kier molecular flexibility index (Phi) is 4.92. The van der Waals surface area contributed by atoms with Gasteiger partial charge in [0.15, 0.2) is 0 Å². The second-order valence-corrected chi connectivity index (χ2v) is 5.28. The number of amides is 1. The van der Waals surface area contributed by atoms with Crippen LogP contribution in [0.5, 0.6) is 0 Å². The molecule has 5 nitrogen and oxygen atoms in total. The van der Waals surface area contributed by atoms with Gasteiger partial charge in [-0.15, -0.1) is 0 Å². The Balaban J connectivity index is 2.70. The highest BCUT2D eigenvalue weighted by atomic mass is 16.6. The van der Waals surface area contributed by atoms with E-state index in [1.807, 2.05) is 52.0 Å². The van der Waals surface area contributed by atoms with Crippen LogP contribution >= 0.6 is 0 Å². The van der Waals surface area contributed by atoms with Gasteiger partial charge >= 0.3 is 6.09 Å². The van der Waals surface area contributed by atoms with Gasteiger partial charge in [0.1, 0.15) is 5.60 Å². The molecule has 0 radical (unpaired) electrons. The summed E-state index contributed by atoms with van der Waals surface area (Å²) in [6.45, 7) is 7.31. The summed E-state index contributed by atoms with van der Waals surface area (Å²) in [7, 11) is 0. The number of carbonyl (C=O) groups excluding carboxylic acids is 1. The number of ether oxygens (including phenoxy) is 1. The van der Waals surface area contributed by atoms with Crippen molar-refractivity contribution in [1.82, 2.24) is 5.32 Å². The Morgan fingerprint density at radius 1 is 1.47 bits per heavy atom. The topological polar surface area (TPSA) is 70.9 Å². The number of hydrogen-bond donors (Lipinski definition) is 2. The first-order valence-electron chi connectivity index (χ1n) is 6.09. The van der Waals surface area contributed by atoms with Gasteiger partial charge in [-0.2, -0.15) is 0 Å². The molecule has 0 aliphatic heterocycles. The van der Waals surface area contributed by atoms with Crippen LogP contribution in [0.1, 0.15) is 44.9 Å². The zero-order chi connectivity index (χ0) is 14.5. The van der Waals surface area contributed by atoms with Crippen molar-refractivity contribution >= 4 is 12.3 Å². The number of nitrogens with zero attached hydrogens (tertiary/aromatic N) is 1. The van der Waals surface area contributed by atoms with E-state index in [4.69, 9.17) is 9.94 Å². The SMILES string of the molecule is CC(NC(=O)OC(C)(C)C)c1cccc(/C=N\O)c1. The fourth-order valence-corrected chi connectivity index (χ4v) is 1.54. The quantitative estimate of drug-likeness (QED) is 0.500. The molecule has 0 aromatic heterocycles. The highest BCUT2D eigenvalue weighted by Gasteiger charge is 2.18. The van der Waals surface area contributed by atoms with E-state index >= 15 is 0 Å². The predicted molar refractivity (Wildman–Crippen MR) is 73.6 cm³/mol. The standard InChI is InChI=1S/C14H20N2O3/c1-10(16-13(17)19-14(2,3)4)12-7-5-6-11(8-12)9-15-18/h5-10,18H,1-4H3,(H,16,17)/b15-9-. The van der Waals surface area contributed by atoms with E-state index in [1.165, 1.54) is 6.21 Å². The molecule has 1 amide bonds. The molecule has 5 heteroatoms. The van der Waals surface area contributed by atoms with Crippen LogP contribution < -0.4 is 5.32 Å². The summed E-state index contributed by atoms with van der Waals surface area (Å²) < 4.78 is 5.19. The number of nitrogens with one attached hydrogen (secondary N) is 1. The molecular formula is C14H20N2O3. The number of benzene rings is 1. The molecule has 0 fully saturated rings. The van der Waals surface area contributed by atoms with Gasteiger partial charge in [-0.1, -0.05) is 23.4 Å². The molecule has 0 aliphatic rings. The molecule has 0 bridgehead atoms. The highest BCUT2D eigenvalue weighted by Crippen LogP contribution is 2.15. The average molecular weight is 264 g/mol. The van der Waals surface area contributed by atoms with Crippen LogP contribution in [-0.2, 0) is 4.74 Å². The van der Waals surface area contributed by atoms with Crippen molar-refractivity contribution in [2.75, 3.05) is 0 Å². The molecule has 2 N–H and O–H groups in total. The van der Waals surface area contributed by atoms with Crippen molar-refractivity contribution < 1.29 is 14.7 Å². The van der Waals surface area contributed by atoms with Gasteiger partial charge in [0, 0.05) is 0 Å². The third-order valence-electron chi connectivity index (χ3n) is 2.35. The van der Waals surface area contributed by atoms with Crippen LogP contribution in [0.2, 0.25) is 0 Å². The molecule has 1 aromatic rings. The van der Waals surface area contributed by atoms with Crippen molar-refractivity contribution in [2.24, 2.45) is 5.16 Å². The predicted octanol–water partition coefficient (Wildman–Crippen LogP) is 3.08. The van der Waals surface area contributed by atoms with Gasteiger partial charge in [-0.3, -0.25) is 0 Å². The molecule has 104 valence electrons. The van der Waals surface area contributed by atoms with Gasteiger partial charge in [0.25, 0.3) is 0 Å². The van der Waals surface area contributed by atoms with E-state index in [0.29, 0.717) is 0 Å². The summed E-state index contributed by atoms with van der Waals surface area (Å²) >= 11 is 0. The Bertz CT molecular complexity index is 464. The lowest BCUT2D eigenvalue weighted by atomic mass is 10.1. The molecule has 1 atom stereocenters. The minimum absolute atomic E-state index is 0.193. The van der Waals surface area contributed by atoms with E-state index in [1.54, 1.807) is 0 Å². The second kappa shape index (κ2) is 6.22. The normalized spacial score (nSPS) is 13.3. The van der Waals surface area contributed by atoms with Crippen LogP contribution in [0.15, 0.2) is 29.4 Å². The third kappa shape index (κ3) is 5.42. The lowest BCUT2D eigenvalue weighted by Crippen LogP contribution is -2.34. The van der Waals surface area contributed by atoms with E-state index in [2.05, 4.69) is 10.5 Å². The third-order valence-corrected chi connectivity index (χ3v) is 2.35. The van der Waals surface area contributed by atoms with E-state index in [0.717, 1.165) is 11.1 Å². The summed E-state index contributed by atoms with van der Waals surface area (Å²) in [5.74, 6) is 0. The number of rotatable bonds is 3. The molecular weight excluding hydrogens is 244 g/mol. The molecule has 1 unspecified atom stereocenters. The monoisotopic (exact) mass is 264 g/mol. The maximum absolute atomic E-state index is 11.7. The maximum Gasteiger partial charge on any atom is 0.408 e. The largest absolute Gasteiger partial charge is 0.444 e. The molecule has 0 saturated carbocycles. The molecule has 1 aromatic carbocycles. The van der Waals surface area contributed by atoms with Gasteiger partial charge in [0.05, 0.1) is 12.3 Å². The lowest BCUT2D eigenvalue weighted by molar-refractivity contribution is 0.0508. The zero-order valence-corrected chi connectivity index (χ0v) is 11.7. The number of oxime groups is 1. The fourth-order valence-electron chi connectivity index (χ4n) is 1.54. The Hall–Kier alpha value is -2.04. The fraction of sp³-hybridized carbons (Fsp3) is 0.429. The van der Waals surface area contributed by atoms with Crippen LogP contribution in [0.25, 0.3) is 0 Å². The average Bonchev–Trinajstić information content (AvgIpc) is 2.27. The van der Waals surface area contributed by atoms with Gasteiger partial charge in [-0.05, 0) is 44.9 Å². The van der Waals surface area contributed by atoms with Crippen LogP contribution in [0.4, 0.5) is 4.79 Å². The second-order valence-electron chi connectivity index (χ2n) is 5.28. The summed E-state index contributed by atoms with van der Waals surface area (Å²) in [5.41, 5.74) is 1.15. The Morgan fingerprint density at radius 2 is 2.16 bits per heavy atom. The summed E-state index contributed by atoms with van der Waals surface area (Å²) in [6.07, 6.45) is 0.880. The summed E-state index contributed by atoms with van der Waals surface area (Å²) in [4.78, 5) is 11.7. The number of hydrogen-bond acceptors (Lipinski definition) is 4. The van der Waals surface area contributed by atoms with Crippen molar-refractivity contribution in [3.63, 3.8) is 0 Å². The molecule has 0 saturated heterocycles. The Morgan fingerprint density at radius 3 is 2.74 bits per heavy atom. The maximum atomic E-state index is 11.7. The molecule has 0 aliphatic carbocycles. The first kappa shape index (κ1) is 15.0. The number of carbonyl (C=O) groups is 1. The first-order chi connectivity index (χ1) is 8.81. The molecule has 19 heavy (non-hydrogen) atoms. The zero-order valence-electron chi connectivity index (χ0n) is 11.7. The molecule has 0 spiro atoms. The summed E-state index contributed by atoms with van der Waals surface area (Å²) in [5, 5.41) is 14.2. The molecule has 0 heterocycles. The van der Waals surface area contributed by atoms with E-state index in [-0.39, 0.29) is 6.04 Å². The van der Waals surface area contributed by atoms with Gasteiger partial charge < -0.3 is 15.3 Å². The van der Waals surface area contributed by atoms with Crippen LogP contribution in [0, 0.1) is 0 Å². The minimum atomic E-state index is -0.519. The van der Waals surface area contributed by atoms with Gasteiger partial charge in [0.2, 0.25) is 0 Å². The van der Waals surface area contributed by atoms with E-state index in [9.17, 15) is 4.79 Å². The molecule has 1 rings (SSSR count). The van der Waals surface area contributed by atoms with E-state index < -0.39 is 11.7 Å². The lowest BCUT2D eigenvalue weighted by Gasteiger charge is -2.22. The van der Waals surface area contributed by atoms with Gasteiger partial charge in [-0.25, -0.2) is 4.79 Å². The highest BCUT2D eigenvalue weighted by molar-refractivity contribution is 5.79. The van der Waals surface area contributed by atoms with Crippen molar-refractivity contribution in [2.45, 2.75) is 39.3 Å². The summed E-state index contributed by atoms with van der Waals surface area (Å²) in [6, 6.07) is 7.17. The smallest absolute Gasteiger partial charge is 0.408 e. The number of alkyl carbamates (subject to hydrolysis) is 1. The Labute approximate surface area is 113 Å². The van der Waals surface area contributed by atoms with Crippen molar-refractivity contribution in [3.05, 3.63) is 35.4 Å². The van der Waals surface area contributed by atoms with Crippen LogP contribution in [0.3, 0.4) is 0 Å². The minimum Gasteiger partial charge on any atom is -0.444 e. The van der Waals surface area contributed by atoms with Crippen LogP contribution in [-0.4, -0.2) is 23.1 Å². The van der Waals surface area contributed by atoms with Crippen molar-refractivity contribution in [1.29, 1.82) is 0 Å². The van der Waals surface area contributed by atoms with Crippen molar-refractivity contribution in [3.8, 4) is 0 Å².